The van der Waals surface area contributed by atoms with Crippen molar-refractivity contribution in [2.24, 2.45) is 79.8 Å². The third-order valence-corrected chi connectivity index (χ3v) is 21.8. The molecule has 0 aromatic heterocycles. The Hall–Kier alpha value is -3.53. The number of aliphatic carboxylic acids is 1. The summed E-state index contributed by atoms with van der Waals surface area (Å²) in [6, 6.07) is 0. The van der Waals surface area contributed by atoms with Gasteiger partial charge in [0.2, 0.25) is 0 Å². The second kappa shape index (κ2) is 18.6. The van der Waals surface area contributed by atoms with Crippen molar-refractivity contribution in [1.82, 2.24) is 9.80 Å². The lowest BCUT2D eigenvalue weighted by Gasteiger charge is -2.63. The molecule has 0 unspecified atom stereocenters. The molecule has 0 amide bonds. The van der Waals surface area contributed by atoms with Gasteiger partial charge in [-0.1, -0.05) is 61.1 Å². The van der Waals surface area contributed by atoms with Gasteiger partial charge in [-0.25, -0.2) is 17.6 Å². The van der Waals surface area contributed by atoms with E-state index in [1.54, 1.807) is 13.8 Å². The van der Waals surface area contributed by atoms with Crippen LogP contribution in [0.25, 0.3) is 0 Å². The highest BCUT2D eigenvalue weighted by molar-refractivity contribution is 6.02. The van der Waals surface area contributed by atoms with Gasteiger partial charge in [-0.2, -0.15) is 0 Å². The topological polar surface area (TPSA) is 162 Å². The number of ether oxygens (including phenoxy) is 1. The molecule has 2 heterocycles. The molecular weight excluding hydrogens is 945 g/mol. The number of carbonyl (C=O) groups excluding carboxylic acids is 4. The van der Waals surface area contributed by atoms with Crippen molar-refractivity contribution in [3.8, 4) is 0 Å². The van der Waals surface area contributed by atoms with E-state index in [4.69, 9.17) is 4.74 Å². The summed E-state index contributed by atoms with van der Waals surface area (Å²) in [4.78, 5) is 67.2. The summed E-state index contributed by atoms with van der Waals surface area (Å²) in [6.45, 7) is 20.4. The number of fused-ring (bicyclic) bond motifs is 14. The fourth-order valence-corrected chi connectivity index (χ4v) is 18.1. The van der Waals surface area contributed by atoms with Crippen LogP contribution < -0.4 is 0 Å². The Morgan fingerprint density at radius 2 is 1.08 bits per heavy atom. The molecular formula is C58H82F4N2O9. The molecule has 18 atom stereocenters. The highest BCUT2D eigenvalue weighted by Crippen LogP contribution is 2.76. The van der Waals surface area contributed by atoms with Crippen LogP contribution in [0.5, 0.6) is 0 Å². The number of alkyl halides is 4. The summed E-state index contributed by atoms with van der Waals surface area (Å²) in [5, 5.41) is 33.7. The van der Waals surface area contributed by atoms with E-state index in [0.29, 0.717) is 50.9 Å². The Balaban J connectivity index is 0.000000193. The van der Waals surface area contributed by atoms with Crippen LogP contribution in [0, 0.1) is 79.8 Å². The molecule has 0 aromatic carbocycles. The standard InChI is InChI=1S/C30H41F2NO5.C27H37F2NO4.CH4/c1-17(2)7-9-33-14-19-10-21-22-12-24(31)23-11-20(35)6-8-27(23,4)30(22,32)25(36)13-28(21,5)29(19,16-33)26(37)15-38-18(3)34;1-15(2)6-8-30-13-16-9-18-19-11-21(28)20-10-17(31)5-7-24(20,3)27(19,29)22(32)12-25(18,4)26(16,14-30)23(33)34;/h6,8,11,17,19,21-22,24-25,36H,7,9-10,12-16H2,1-5H3;5,7,10,15-16,18-19,21-22,32H,6,8-9,11-14H2,1-4H3,(H,33,34);1H4/t19-,21-,22-,24-,25-,27-,28-,29+,30-;16-,18-,19-,21-,22-,24-,25-,26+,27-;/m00./s1. The molecule has 0 bridgehead atoms. The summed E-state index contributed by atoms with van der Waals surface area (Å²) in [6.07, 6.45) is 4.76. The fourth-order valence-electron chi connectivity index (χ4n) is 18.1. The van der Waals surface area contributed by atoms with Crippen molar-refractivity contribution in [1.29, 1.82) is 0 Å². The van der Waals surface area contributed by atoms with Gasteiger partial charge in [0.1, 0.15) is 12.3 Å². The Labute approximate surface area is 429 Å². The number of hydrogen-bond acceptors (Lipinski definition) is 10. The van der Waals surface area contributed by atoms with Gasteiger partial charge in [0, 0.05) is 55.8 Å². The maximum Gasteiger partial charge on any atom is 0.311 e. The number of carbonyl (C=O) groups is 5. The van der Waals surface area contributed by atoms with E-state index >= 15 is 17.6 Å². The molecule has 8 fully saturated rings. The van der Waals surface area contributed by atoms with Crippen LogP contribution >= 0.6 is 0 Å². The smallest absolute Gasteiger partial charge is 0.311 e. The Morgan fingerprint density at radius 3 is 1.48 bits per heavy atom. The largest absolute Gasteiger partial charge is 0.481 e. The van der Waals surface area contributed by atoms with Crippen molar-refractivity contribution in [3.05, 3.63) is 47.6 Å². The number of aliphatic hydroxyl groups excluding tert-OH is 2. The van der Waals surface area contributed by atoms with E-state index in [9.17, 15) is 39.3 Å². The van der Waals surface area contributed by atoms with Crippen LogP contribution in [0.2, 0.25) is 0 Å². The van der Waals surface area contributed by atoms with Crippen molar-refractivity contribution >= 4 is 29.3 Å². The van der Waals surface area contributed by atoms with Crippen LogP contribution in [0.4, 0.5) is 17.6 Å². The van der Waals surface area contributed by atoms with E-state index in [2.05, 4.69) is 37.5 Å². The normalized spacial score (nSPS) is 47.1. The van der Waals surface area contributed by atoms with Crippen molar-refractivity contribution in [3.63, 3.8) is 0 Å². The average molecular weight is 1030 g/mol. The van der Waals surface area contributed by atoms with Gasteiger partial charge in [-0.15, -0.1) is 0 Å². The second-order valence-electron chi connectivity index (χ2n) is 25.9. The lowest BCUT2D eigenvalue weighted by molar-refractivity contribution is -0.215. The maximum absolute atomic E-state index is 17.5. The molecule has 15 heteroatoms. The minimum atomic E-state index is -2.17. The van der Waals surface area contributed by atoms with Crippen molar-refractivity contribution in [2.75, 3.05) is 45.9 Å². The predicted octanol–water partition coefficient (Wildman–Crippen LogP) is 8.61. The Kier molecular flexibility index (Phi) is 14.2. The number of rotatable bonds is 10. The van der Waals surface area contributed by atoms with Gasteiger partial charge < -0.3 is 29.9 Å². The first kappa shape index (κ1) is 55.7. The molecule has 2 aliphatic heterocycles. The highest BCUT2D eigenvalue weighted by atomic mass is 19.2. The van der Waals surface area contributed by atoms with Crippen molar-refractivity contribution in [2.45, 2.75) is 157 Å². The molecule has 3 N–H and O–H groups in total. The molecule has 11 nitrogen and oxygen atoms in total. The highest BCUT2D eigenvalue weighted by Gasteiger charge is 2.80. The summed E-state index contributed by atoms with van der Waals surface area (Å²) in [5.74, 6) is -3.92. The molecule has 0 spiro atoms. The number of ketones is 3. The van der Waals surface area contributed by atoms with E-state index < -0.39 is 92.2 Å². The molecule has 10 aliphatic rings. The van der Waals surface area contributed by atoms with E-state index in [1.807, 2.05) is 13.8 Å². The number of carboxylic acid groups (broad SMARTS) is 1. The summed E-state index contributed by atoms with van der Waals surface area (Å²) >= 11 is 0. The van der Waals surface area contributed by atoms with Crippen LogP contribution in [0.15, 0.2) is 47.6 Å². The number of Topliss-reactive ketones (excluding diaryl/α,β-unsaturated/α-hetero) is 1. The third kappa shape index (κ3) is 7.60. The van der Waals surface area contributed by atoms with Crippen LogP contribution in [0.3, 0.4) is 0 Å². The van der Waals surface area contributed by atoms with Crippen LogP contribution in [0.1, 0.15) is 121 Å². The van der Waals surface area contributed by atoms with Gasteiger partial charge in [0.15, 0.2) is 35.3 Å². The van der Waals surface area contributed by atoms with E-state index in [0.717, 1.165) is 25.9 Å². The Bertz CT molecular complexity index is 2410. The number of likely N-dealkylation sites (tertiary alicyclic amines) is 2. The van der Waals surface area contributed by atoms with Crippen LogP contribution in [-0.2, 0) is 28.7 Å². The predicted molar refractivity (Wildman–Crippen MR) is 268 cm³/mol. The third-order valence-electron chi connectivity index (χ3n) is 21.8. The first-order chi connectivity index (χ1) is 33.5. The average Bonchev–Trinajstić information content (AvgIpc) is 4.00. The molecule has 8 aliphatic carbocycles. The first-order valence-corrected chi connectivity index (χ1v) is 26.8. The zero-order valence-electron chi connectivity index (χ0n) is 43.7. The first-order valence-electron chi connectivity index (χ1n) is 26.8. The minimum Gasteiger partial charge on any atom is -0.481 e. The van der Waals surface area contributed by atoms with Gasteiger partial charge in [-0.3, -0.25) is 24.0 Å². The number of hydrogen-bond donors (Lipinski definition) is 3. The van der Waals surface area contributed by atoms with Crippen LogP contribution in [-0.4, -0.2) is 136 Å². The monoisotopic (exact) mass is 1030 g/mol. The van der Waals surface area contributed by atoms with E-state index in [-0.39, 0.29) is 91.9 Å². The van der Waals surface area contributed by atoms with Crippen molar-refractivity contribution < 1.29 is 61.6 Å². The number of carboxylic acids is 1. The molecule has 73 heavy (non-hydrogen) atoms. The molecule has 406 valence electrons. The zero-order valence-corrected chi connectivity index (χ0v) is 43.7. The fraction of sp³-hybridized carbons (Fsp3) is 0.776. The molecule has 10 rings (SSSR count). The minimum absolute atomic E-state index is 0. The zero-order chi connectivity index (χ0) is 52.7. The molecule has 6 saturated carbocycles. The molecule has 2 saturated heterocycles. The summed E-state index contributed by atoms with van der Waals surface area (Å²) in [5.41, 5.74) is -10.6. The lowest BCUT2D eigenvalue weighted by atomic mass is 9.43. The summed E-state index contributed by atoms with van der Waals surface area (Å²) in [7, 11) is 0. The summed E-state index contributed by atoms with van der Waals surface area (Å²) < 4.78 is 71.2. The lowest BCUT2D eigenvalue weighted by Crippen LogP contribution is -2.69. The SMILES string of the molecule is C.CC(=O)OCC(=O)[C@@]12CN(CCC(C)C)C[C@@H]1C[C@H]1[C@@H]3C[C@H](F)C4=CC(=O)C=C[C@]4(C)[C@@]3(F)[C@@H](O)C[C@@]12C.CC(C)CCN1C[C@@H]2C[C@H]3[C@@H]4C[C@H](F)C5=CC(=O)C=C[C@]5(C)[C@@]4(F)[C@@H](O)C[C@]3(C)[C@]2(C(=O)O)C1. The van der Waals surface area contributed by atoms with Gasteiger partial charge in [0.05, 0.1) is 23.0 Å². The second-order valence-corrected chi connectivity index (χ2v) is 25.9. The number of esters is 1. The number of allylic oxidation sites excluding steroid dienone is 8. The quantitative estimate of drug-likeness (QED) is 0.142. The molecule has 0 radical (unpaired) electrons. The molecule has 0 aromatic rings. The van der Waals surface area contributed by atoms with E-state index in [1.165, 1.54) is 43.4 Å². The Morgan fingerprint density at radius 1 is 0.685 bits per heavy atom. The number of aliphatic hydroxyl groups is 2. The maximum atomic E-state index is 17.5. The number of nitrogens with zero attached hydrogens (tertiary/aromatic N) is 2. The van der Waals surface area contributed by atoms with Gasteiger partial charge >= 0.3 is 11.9 Å². The number of halogens is 4. The van der Waals surface area contributed by atoms with Gasteiger partial charge in [-0.05, 0) is 160 Å². The van der Waals surface area contributed by atoms with Gasteiger partial charge in [0.25, 0.3) is 0 Å².